The van der Waals surface area contributed by atoms with Crippen LogP contribution in [0.25, 0.3) is 43.1 Å². The molecule has 0 aromatic heterocycles. The predicted molar refractivity (Wildman–Crippen MR) is 259 cm³/mol. The van der Waals surface area contributed by atoms with Crippen LogP contribution >= 0.6 is 0 Å². The number of hydrogen-bond donors (Lipinski definition) is 0. The summed E-state index contributed by atoms with van der Waals surface area (Å²) in [7, 11) is 0. The number of allylic oxidation sites excluding steroid dienone is 7. The molecule has 8 aromatic carbocycles. The standard InChI is InChI=1S/C58H39N4/c1-4-15-40-30-45(27-24-37(40)12-1)59(46-28-25-38-13-2-5-16-41(38)31-46)48-35-52-51-22-11-21-50-49-20-9-10-23-53(49)61(57(50)51)62-55-34-44-19-8-7-18-43(44)33-54(55)60(56(36-48)58(52)62)47-29-26-39-14-3-6-17-42(39)32-47/h1-35,53,57H,36H2/q+1. The monoisotopic (exact) mass is 791 g/mol. The molecule has 290 valence electrons. The lowest BCUT2D eigenvalue weighted by molar-refractivity contribution is 0.237. The Hall–Kier alpha value is -7.79. The summed E-state index contributed by atoms with van der Waals surface area (Å²) in [5.74, 6) is 0. The van der Waals surface area contributed by atoms with Crippen molar-refractivity contribution in [2.45, 2.75) is 18.5 Å². The SMILES string of the molecule is C1=CC2=C3C=CC=C4C5=C6C(=[N+](c7ccc8ccccc8c7)c7cc8ccccc8cc7N6N(C2C=C1)C43)CC(N(c1ccc2ccccc2c1)c1ccc2ccccc2c1)=C5. The summed E-state index contributed by atoms with van der Waals surface area (Å²) < 4.78 is 2.59. The minimum atomic E-state index is 0.0596. The maximum Gasteiger partial charge on any atom is 0.237 e. The number of anilines is 3. The summed E-state index contributed by atoms with van der Waals surface area (Å²) >= 11 is 0. The Labute approximate surface area is 359 Å². The first-order valence-corrected chi connectivity index (χ1v) is 21.7. The van der Waals surface area contributed by atoms with Crippen LogP contribution in [0.15, 0.2) is 246 Å². The Morgan fingerprint density at radius 1 is 0.532 bits per heavy atom. The zero-order chi connectivity index (χ0) is 40.5. The van der Waals surface area contributed by atoms with Crippen LogP contribution in [0.4, 0.5) is 28.4 Å². The second-order valence-electron chi connectivity index (χ2n) is 17.1. The molecule has 4 nitrogen and oxygen atoms in total. The van der Waals surface area contributed by atoms with Gasteiger partial charge < -0.3 is 4.90 Å². The van der Waals surface area contributed by atoms with E-state index < -0.39 is 0 Å². The molecule has 62 heavy (non-hydrogen) atoms. The van der Waals surface area contributed by atoms with Crippen LogP contribution in [0.2, 0.25) is 0 Å². The van der Waals surface area contributed by atoms with Gasteiger partial charge in [0.25, 0.3) is 0 Å². The summed E-state index contributed by atoms with van der Waals surface area (Å²) in [5.41, 5.74) is 14.9. The van der Waals surface area contributed by atoms with E-state index in [-0.39, 0.29) is 12.1 Å². The smallest absolute Gasteiger partial charge is 0.237 e. The van der Waals surface area contributed by atoms with Gasteiger partial charge in [0.2, 0.25) is 17.1 Å². The molecule has 8 aromatic rings. The highest BCUT2D eigenvalue weighted by Gasteiger charge is 2.55. The minimum Gasteiger partial charge on any atom is -0.314 e. The molecule has 0 fully saturated rings. The highest BCUT2D eigenvalue weighted by Crippen LogP contribution is 2.55. The van der Waals surface area contributed by atoms with Gasteiger partial charge in [0.15, 0.2) is 0 Å². The van der Waals surface area contributed by atoms with Gasteiger partial charge in [-0.05, 0) is 102 Å². The van der Waals surface area contributed by atoms with Gasteiger partial charge in [0.05, 0.1) is 18.5 Å². The molecule has 0 N–H and O–H groups in total. The van der Waals surface area contributed by atoms with Crippen molar-refractivity contribution in [1.29, 1.82) is 0 Å². The van der Waals surface area contributed by atoms with E-state index in [0.29, 0.717) is 6.42 Å². The number of hydrogen-bond acceptors (Lipinski definition) is 3. The summed E-state index contributed by atoms with van der Waals surface area (Å²) in [6.07, 6.45) is 19.4. The van der Waals surface area contributed by atoms with Crippen molar-refractivity contribution in [1.82, 2.24) is 9.58 Å². The molecule has 3 heterocycles. The molecule has 0 spiro atoms. The van der Waals surface area contributed by atoms with E-state index in [0.717, 1.165) is 17.1 Å². The summed E-state index contributed by atoms with van der Waals surface area (Å²) in [4.78, 5) is 2.53. The molecule has 14 rings (SSSR count). The Kier molecular flexibility index (Phi) is 7.05. The van der Waals surface area contributed by atoms with Gasteiger partial charge in [0.1, 0.15) is 11.4 Å². The molecule has 0 amide bonds. The number of hydrazine groups is 1. The lowest BCUT2D eigenvalue weighted by Crippen LogP contribution is -2.58. The summed E-state index contributed by atoms with van der Waals surface area (Å²) in [6, 6.07) is 60.9. The van der Waals surface area contributed by atoms with Gasteiger partial charge in [-0.2, -0.15) is 9.58 Å². The van der Waals surface area contributed by atoms with Gasteiger partial charge in [-0.1, -0.05) is 152 Å². The fourth-order valence-corrected chi connectivity index (χ4v) is 11.1. The van der Waals surface area contributed by atoms with Crippen LogP contribution in [0.5, 0.6) is 0 Å². The van der Waals surface area contributed by atoms with Gasteiger partial charge >= 0.3 is 0 Å². The third-order valence-corrected chi connectivity index (χ3v) is 13.8. The average Bonchev–Trinajstić information content (AvgIpc) is 3.67. The topological polar surface area (TPSA) is 12.7 Å². The lowest BCUT2D eigenvalue weighted by atomic mass is 9.81. The normalized spacial score (nSPS) is 19.6. The van der Waals surface area contributed by atoms with Crippen molar-refractivity contribution in [2.24, 2.45) is 0 Å². The maximum absolute atomic E-state index is 2.67. The quantitative estimate of drug-likeness (QED) is 0.165. The van der Waals surface area contributed by atoms with Gasteiger partial charge in [-0.3, -0.25) is 5.01 Å². The maximum atomic E-state index is 2.67. The molecule has 4 heteroatoms. The Morgan fingerprint density at radius 3 is 1.79 bits per heavy atom. The number of benzene rings is 8. The molecule has 6 aliphatic rings. The van der Waals surface area contributed by atoms with Crippen molar-refractivity contribution < 1.29 is 0 Å². The third kappa shape index (κ3) is 4.84. The van der Waals surface area contributed by atoms with Gasteiger partial charge in [-0.15, -0.1) is 0 Å². The second-order valence-corrected chi connectivity index (χ2v) is 17.1. The van der Waals surface area contributed by atoms with E-state index in [1.54, 1.807) is 0 Å². The number of nitrogens with zero attached hydrogens (tertiary/aromatic N) is 4. The first-order chi connectivity index (χ1) is 30.7. The molecule has 3 aliphatic heterocycles. The first-order valence-electron chi connectivity index (χ1n) is 21.7. The third-order valence-electron chi connectivity index (χ3n) is 13.8. The van der Waals surface area contributed by atoms with Crippen LogP contribution in [0.1, 0.15) is 6.42 Å². The van der Waals surface area contributed by atoms with Crippen LogP contribution < -0.4 is 14.5 Å². The largest absolute Gasteiger partial charge is 0.314 e. The molecule has 2 unspecified atom stereocenters. The number of rotatable bonds is 4. The Bertz CT molecular complexity index is 3510. The molecule has 0 saturated carbocycles. The molecule has 0 saturated heterocycles. The minimum absolute atomic E-state index is 0.0596. The van der Waals surface area contributed by atoms with Gasteiger partial charge in [-0.25, -0.2) is 0 Å². The van der Waals surface area contributed by atoms with Crippen LogP contribution in [-0.2, 0) is 0 Å². The zero-order valence-corrected chi connectivity index (χ0v) is 33.9. The van der Waals surface area contributed by atoms with Crippen molar-refractivity contribution in [3.05, 3.63) is 246 Å². The summed E-state index contributed by atoms with van der Waals surface area (Å²) in [6.45, 7) is 0. The van der Waals surface area contributed by atoms with Crippen molar-refractivity contribution in [3.8, 4) is 0 Å². The fourth-order valence-electron chi connectivity index (χ4n) is 11.1. The predicted octanol–water partition coefficient (Wildman–Crippen LogP) is 13.7. The Balaban J connectivity index is 1.10. The average molecular weight is 792 g/mol. The van der Waals surface area contributed by atoms with Crippen LogP contribution in [-0.4, -0.2) is 22.8 Å². The van der Waals surface area contributed by atoms with Crippen molar-refractivity contribution in [2.75, 3.05) is 9.91 Å². The first kappa shape index (κ1) is 34.0. The van der Waals surface area contributed by atoms with E-state index in [1.807, 2.05) is 0 Å². The molecule has 0 bridgehead atoms. The zero-order valence-electron chi connectivity index (χ0n) is 33.9. The van der Waals surface area contributed by atoms with E-state index in [9.17, 15) is 0 Å². The lowest BCUT2D eigenvalue weighted by Gasteiger charge is -2.50. The summed E-state index contributed by atoms with van der Waals surface area (Å²) in [5, 5.41) is 15.1. The molecule has 3 aliphatic carbocycles. The highest BCUT2D eigenvalue weighted by atomic mass is 15.7. The molecular weight excluding hydrogens is 753 g/mol. The van der Waals surface area contributed by atoms with Crippen molar-refractivity contribution >= 4 is 77.2 Å². The molecule has 2 atom stereocenters. The van der Waals surface area contributed by atoms with E-state index in [2.05, 4.69) is 232 Å². The van der Waals surface area contributed by atoms with E-state index >= 15 is 0 Å². The van der Waals surface area contributed by atoms with Crippen molar-refractivity contribution in [3.63, 3.8) is 0 Å². The van der Waals surface area contributed by atoms with Gasteiger partial charge in [0, 0.05) is 40.8 Å². The molecule has 0 radical (unpaired) electrons. The van der Waals surface area contributed by atoms with E-state index in [1.165, 1.54) is 93.9 Å². The molecular formula is C58H39N4+. The van der Waals surface area contributed by atoms with E-state index in [4.69, 9.17) is 0 Å². The fraction of sp³-hybridized carbons (Fsp3) is 0.0517. The van der Waals surface area contributed by atoms with Crippen LogP contribution in [0, 0.1) is 0 Å². The second kappa shape index (κ2) is 12.9. The van der Waals surface area contributed by atoms with Crippen LogP contribution in [0.3, 0.4) is 0 Å². The Morgan fingerprint density at radius 2 is 1.11 bits per heavy atom. The highest BCUT2D eigenvalue weighted by molar-refractivity contribution is 6.16. The number of fused-ring (bicyclic) bond motifs is 10.